The zero-order valence-corrected chi connectivity index (χ0v) is 10.9. The summed E-state index contributed by atoms with van der Waals surface area (Å²) < 4.78 is 59.8. The van der Waals surface area contributed by atoms with Crippen molar-refractivity contribution in [3.05, 3.63) is 18.2 Å². The van der Waals surface area contributed by atoms with Gasteiger partial charge < -0.3 is 9.47 Å². The molecule has 22 heavy (non-hydrogen) atoms. The van der Waals surface area contributed by atoms with E-state index in [0.29, 0.717) is 0 Å². The third kappa shape index (κ3) is 2.78. The molecule has 1 aliphatic rings. The Bertz CT molecular complexity index is 697. The van der Waals surface area contributed by atoms with Gasteiger partial charge >= 0.3 is 12.2 Å². The number of ketones is 1. The first-order valence-corrected chi connectivity index (χ1v) is 5.69. The normalized spacial score (nSPS) is 18.3. The van der Waals surface area contributed by atoms with Gasteiger partial charge in [0.1, 0.15) is 6.07 Å². The van der Waals surface area contributed by atoms with Crippen molar-refractivity contribution < 1.29 is 31.8 Å². The van der Waals surface area contributed by atoms with Crippen LogP contribution in [-0.2, 0) is 4.79 Å². The maximum Gasteiger partial charge on any atom is 0.507 e. The summed E-state index contributed by atoms with van der Waals surface area (Å²) in [5.74, 6) is -1.84. The maximum absolute atomic E-state index is 13.0. The van der Waals surface area contributed by atoms with E-state index < -0.39 is 35.2 Å². The summed E-state index contributed by atoms with van der Waals surface area (Å²) in [5, 5.41) is 12.1. The van der Waals surface area contributed by atoms with Crippen molar-refractivity contribution in [2.75, 3.05) is 5.43 Å². The van der Waals surface area contributed by atoms with Crippen LogP contribution in [0, 0.1) is 11.3 Å². The maximum atomic E-state index is 13.0. The van der Waals surface area contributed by atoms with Crippen LogP contribution in [0.5, 0.6) is 11.5 Å². The number of anilines is 1. The second-order valence-corrected chi connectivity index (χ2v) is 4.14. The van der Waals surface area contributed by atoms with Crippen molar-refractivity contribution in [3.8, 4) is 17.6 Å². The Labute approximate surface area is 120 Å². The van der Waals surface area contributed by atoms with Crippen molar-refractivity contribution in [1.82, 2.24) is 0 Å². The van der Waals surface area contributed by atoms with E-state index in [4.69, 9.17) is 5.26 Å². The topological polar surface area (TPSA) is 83.7 Å². The highest BCUT2D eigenvalue weighted by Crippen LogP contribution is 2.47. The number of carbonyl (C=O) groups is 1. The predicted octanol–water partition coefficient (Wildman–Crippen LogP) is 2.52. The SMILES string of the molecule is CC(=O)/C(C#N)=N/Nc1ccc2c(c1)OC(F)(F)C(F)(F)O2. The number of carbonyl (C=O) groups excluding carboxylic acids is 1. The summed E-state index contributed by atoms with van der Waals surface area (Å²) in [6, 6.07) is 4.56. The number of hydrogen-bond acceptors (Lipinski definition) is 6. The van der Waals surface area contributed by atoms with Crippen LogP contribution in [0.25, 0.3) is 0 Å². The Morgan fingerprint density at radius 1 is 1.23 bits per heavy atom. The van der Waals surface area contributed by atoms with Crippen LogP contribution in [0.15, 0.2) is 23.3 Å². The van der Waals surface area contributed by atoms with E-state index in [-0.39, 0.29) is 5.69 Å². The molecule has 2 rings (SSSR count). The van der Waals surface area contributed by atoms with Gasteiger partial charge in [-0.05, 0) is 12.1 Å². The first-order chi connectivity index (χ1) is 10.2. The number of halogens is 4. The lowest BCUT2D eigenvalue weighted by Gasteiger charge is -2.31. The number of ether oxygens (including phenoxy) is 2. The van der Waals surface area contributed by atoms with Gasteiger partial charge in [0.2, 0.25) is 5.71 Å². The fraction of sp³-hybridized carbons (Fsp3) is 0.250. The van der Waals surface area contributed by atoms with E-state index in [1.165, 1.54) is 12.1 Å². The number of hydrazone groups is 1. The molecule has 0 amide bonds. The molecule has 1 aromatic carbocycles. The zero-order valence-electron chi connectivity index (χ0n) is 10.9. The van der Waals surface area contributed by atoms with Gasteiger partial charge in [-0.3, -0.25) is 10.2 Å². The molecule has 1 aliphatic heterocycles. The summed E-state index contributed by atoms with van der Waals surface area (Å²) in [6.07, 6.45) is -9.63. The van der Waals surface area contributed by atoms with Crippen LogP contribution < -0.4 is 14.9 Å². The number of alkyl halides is 4. The number of hydrogen-bond donors (Lipinski definition) is 1. The number of benzene rings is 1. The van der Waals surface area contributed by atoms with Crippen LogP contribution >= 0.6 is 0 Å². The minimum absolute atomic E-state index is 0.0253. The Kier molecular flexibility index (Phi) is 3.66. The molecule has 0 unspecified atom stereocenters. The molecule has 0 aromatic heterocycles. The lowest BCUT2D eigenvalue weighted by Crippen LogP contribution is -2.52. The molecule has 0 saturated carbocycles. The van der Waals surface area contributed by atoms with Crippen molar-refractivity contribution in [2.45, 2.75) is 19.1 Å². The van der Waals surface area contributed by atoms with E-state index in [1.807, 2.05) is 0 Å². The van der Waals surface area contributed by atoms with E-state index in [0.717, 1.165) is 19.1 Å². The van der Waals surface area contributed by atoms with Gasteiger partial charge in [-0.15, -0.1) is 0 Å². The van der Waals surface area contributed by atoms with Crippen LogP contribution in [0.1, 0.15) is 6.92 Å². The molecule has 0 atom stereocenters. The number of rotatable bonds is 3. The molecule has 1 heterocycles. The number of nitrogens with one attached hydrogen (secondary N) is 1. The molecule has 1 N–H and O–H groups in total. The van der Waals surface area contributed by atoms with Crippen LogP contribution in [0.2, 0.25) is 0 Å². The molecule has 0 fully saturated rings. The molecular weight excluding hydrogens is 310 g/mol. The second kappa shape index (κ2) is 5.18. The van der Waals surface area contributed by atoms with Gasteiger partial charge in [-0.25, -0.2) is 0 Å². The monoisotopic (exact) mass is 317 g/mol. The van der Waals surface area contributed by atoms with Gasteiger partial charge in [0.25, 0.3) is 0 Å². The predicted molar refractivity (Wildman–Crippen MR) is 64.9 cm³/mol. The highest BCUT2D eigenvalue weighted by Gasteiger charge is 2.65. The van der Waals surface area contributed by atoms with Gasteiger partial charge in [0.05, 0.1) is 5.69 Å². The van der Waals surface area contributed by atoms with Gasteiger partial charge in [-0.1, -0.05) is 0 Å². The third-order valence-electron chi connectivity index (χ3n) is 2.50. The first kappa shape index (κ1) is 15.6. The van der Waals surface area contributed by atoms with Gasteiger partial charge in [-0.2, -0.15) is 27.9 Å². The van der Waals surface area contributed by atoms with Crippen molar-refractivity contribution in [1.29, 1.82) is 5.26 Å². The highest BCUT2D eigenvalue weighted by atomic mass is 19.3. The molecule has 0 aliphatic carbocycles. The summed E-state index contributed by atoms with van der Waals surface area (Å²) in [5.41, 5.74) is 1.83. The number of nitriles is 1. The van der Waals surface area contributed by atoms with Gasteiger partial charge in [0.15, 0.2) is 17.3 Å². The van der Waals surface area contributed by atoms with Gasteiger partial charge in [0, 0.05) is 13.0 Å². The number of nitrogens with zero attached hydrogens (tertiary/aromatic N) is 2. The van der Waals surface area contributed by atoms with E-state index in [1.54, 1.807) is 0 Å². The Balaban J connectivity index is 2.27. The van der Waals surface area contributed by atoms with Crippen molar-refractivity contribution in [2.24, 2.45) is 5.10 Å². The Morgan fingerprint density at radius 3 is 2.36 bits per heavy atom. The number of fused-ring (bicyclic) bond motifs is 1. The third-order valence-corrected chi connectivity index (χ3v) is 2.50. The van der Waals surface area contributed by atoms with Crippen molar-refractivity contribution >= 4 is 17.2 Å². The van der Waals surface area contributed by atoms with E-state index in [9.17, 15) is 22.4 Å². The average Bonchev–Trinajstić information content (AvgIpc) is 2.40. The van der Waals surface area contributed by atoms with Crippen LogP contribution in [0.3, 0.4) is 0 Å². The summed E-state index contributed by atoms with van der Waals surface area (Å²) >= 11 is 0. The quantitative estimate of drug-likeness (QED) is 0.526. The Hall–Kier alpha value is -2.83. The minimum Gasteiger partial charge on any atom is -0.421 e. The molecule has 0 saturated heterocycles. The smallest absolute Gasteiger partial charge is 0.421 e. The molecule has 116 valence electrons. The molecular formula is C12H7F4N3O3. The van der Waals surface area contributed by atoms with Crippen LogP contribution in [-0.4, -0.2) is 23.7 Å². The van der Waals surface area contributed by atoms with E-state index in [2.05, 4.69) is 20.0 Å². The highest BCUT2D eigenvalue weighted by molar-refractivity contribution is 6.45. The lowest BCUT2D eigenvalue weighted by molar-refractivity contribution is -0.391. The molecule has 0 spiro atoms. The minimum atomic E-state index is -4.83. The first-order valence-electron chi connectivity index (χ1n) is 5.69. The van der Waals surface area contributed by atoms with Crippen LogP contribution in [0.4, 0.5) is 23.2 Å². The zero-order chi connectivity index (χ0) is 16.5. The van der Waals surface area contributed by atoms with Crippen molar-refractivity contribution in [3.63, 3.8) is 0 Å². The Morgan fingerprint density at radius 2 is 1.82 bits per heavy atom. The lowest BCUT2D eigenvalue weighted by atomic mass is 10.2. The number of Topliss-reactive ketones (excluding diaryl/α,β-unsaturated/α-hetero) is 1. The molecule has 0 bridgehead atoms. The molecule has 0 radical (unpaired) electrons. The molecule has 6 nitrogen and oxygen atoms in total. The summed E-state index contributed by atoms with van der Waals surface area (Å²) in [7, 11) is 0. The van der Waals surface area contributed by atoms with E-state index >= 15 is 0 Å². The summed E-state index contributed by atoms with van der Waals surface area (Å²) in [6.45, 7) is 1.11. The molecule has 10 heteroatoms. The average molecular weight is 317 g/mol. The standard InChI is InChI=1S/C12H7F4N3O3/c1-6(20)8(5-17)19-18-7-2-3-9-10(4-7)22-12(15,16)11(13,14)21-9/h2-4,18H,1H3/b19-8+. The fourth-order valence-corrected chi connectivity index (χ4v) is 1.44. The largest absolute Gasteiger partial charge is 0.507 e. The molecule has 1 aromatic rings. The summed E-state index contributed by atoms with van der Waals surface area (Å²) in [4.78, 5) is 11.0. The fourth-order valence-electron chi connectivity index (χ4n) is 1.44. The second-order valence-electron chi connectivity index (χ2n) is 4.14.